The van der Waals surface area contributed by atoms with E-state index in [4.69, 9.17) is 9.97 Å². The molecule has 0 radical (unpaired) electrons. The molecule has 1 aliphatic rings. The lowest BCUT2D eigenvalue weighted by atomic mass is 9.98. The van der Waals surface area contributed by atoms with Gasteiger partial charge in [-0.25, -0.2) is 9.97 Å². The Kier molecular flexibility index (Phi) is 5.59. The number of amides is 1. The first kappa shape index (κ1) is 22.1. The minimum atomic E-state index is -0.836. The lowest BCUT2D eigenvalue weighted by Crippen LogP contribution is -2.42. The number of nitrogens with one attached hydrogen (secondary N) is 1. The van der Waals surface area contributed by atoms with Crippen molar-refractivity contribution in [2.75, 3.05) is 13.1 Å². The highest BCUT2D eigenvalue weighted by molar-refractivity contribution is 5.98. The van der Waals surface area contributed by atoms with Crippen LogP contribution in [0, 0.1) is 19.8 Å². The summed E-state index contributed by atoms with van der Waals surface area (Å²) in [7, 11) is 0. The van der Waals surface area contributed by atoms with Crippen LogP contribution >= 0.6 is 0 Å². The Hall–Kier alpha value is -3.68. The van der Waals surface area contributed by atoms with Gasteiger partial charge in [-0.05, 0) is 62.1 Å². The number of aryl methyl sites for hydroxylation is 3. The van der Waals surface area contributed by atoms with Crippen LogP contribution < -0.4 is 0 Å². The van der Waals surface area contributed by atoms with Crippen LogP contribution in [-0.2, 0) is 17.8 Å². The number of piperidine rings is 1. The van der Waals surface area contributed by atoms with Crippen LogP contribution in [0.5, 0.6) is 0 Å². The van der Waals surface area contributed by atoms with Gasteiger partial charge >= 0.3 is 5.97 Å². The van der Waals surface area contributed by atoms with Crippen molar-refractivity contribution >= 4 is 33.9 Å². The largest absolute Gasteiger partial charge is 0.481 e. The molecule has 0 aliphatic carbocycles. The molecule has 1 atom stereocenters. The number of rotatable bonds is 5. The highest BCUT2D eigenvalue weighted by Gasteiger charge is 2.29. The number of pyridine rings is 1. The van der Waals surface area contributed by atoms with E-state index in [1.807, 2.05) is 19.1 Å². The third kappa shape index (κ3) is 3.93. The van der Waals surface area contributed by atoms with Crippen LogP contribution in [0.15, 0.2) is 30.3 Å². The van der Waals surface area contributed by atoms with Crippen molar-refractivity contribution in [3.8, 4) is 0 Å². The molecule has 1 aromatic carbocycles. The fourth-order valence-corrected chi connectivity index (χ4v) is 5.00. The van der Waals surface area contributed by atoms with E-state index >= 15 is 0 Å². The van der Waals surface area contributed by atoms with Gasteiger partial charge in [0.15, 0.2) is 5.65 Å². The predicted octanol–water partition coefficient (Wildman–Crippen LogP) is 4.08. The number of aliphatic carboxylic acids is 1. The minimum Gasteiger partial charge on any atom is -0.481 e. The molecule has 2 N–H and O–H groups in total. The van der Waals surface area contributed by atoms with Gasteiger partial charge in [0, 0.05) is 36.1 Å². The van der Waals surface area contributed by atoms with Gasteiger partial charge in [0.25, 0.3) is 5.91 Å². The average molecular weight is 460 g/mol. The number of carbonyl (C=O) groups is 2. The van der Waals surface area contributed by atoms with Crippen LogP contribution in [0.25, 0.3) is 22.1 Å². The molecule has 8 nitrogen and oxygen atoms in total. The summed E-state index contributed by atoms with van der Waals surface area (Å²) in [6.07, 6.45) is 2.14. The van der Waals surface area contributed by atoms with E-state index in [0.717, 1.165) is 51.1 Å². The highest BCUT2D eigenvalue weighted by Crippen LogP contribution is 2.24. The molecular formula is C26H29N5O3. The summed E-state index contributed by atoms with van der Waals surface area (Å²) in [6.45, 7) is 7.66. The maximum absolute atomic E-state index is 13.1. The van der Waals surface area contributed by atoms with E-state index < -0.39 is 11.9 Å². The molecule has 3 aromatic heterocycles. The average Bonchev–Trinajstić information content (AvgIpc) is 3.40. The fraction of sp³-hybridized carbons (Fsp3) is 0.385. The predicted molar refractivity (Wildman–Crippen MR) is 130 cm³/mol. The number of hydrogen-bond donors (Lipinski definition) is 2. The van der Waals surface area contributed by atoms with E-state index in [1.54, 1.807) is 4.90 Å². The molecule has 4 heterocycles. The van der Waals surface area contributed by atoms with Crippen LogP contribution in [0.3, 0.4) is 0 Å². The number of aromatic nitrogens is 4. The van der Waals surface area contributed by atoms with Crippen molar-refractivity contribution < 1.29 is 14.7 Å². The summed E-state index contributed by atoms with van der Waals surface area (Å²) >= 11 is 0. The van der Waals surface area contributed by atoms with Gasteiger partial charge < -0.3 is 19.6 Å². The van der Waals surface area contributed by atoms with E-state index in [9.17, 15) is 14.7 Å². The molecule has 4 aromatic rings. The fourth-order valence-electron chi connectivity index (χ4n) is 5.00. The van der Waals surface area contributed by atoms with Crippen molar-refractivity contribution in [3.05, 3.63) is 58.7 Å². The van der Waals surface area contributed by atoms with E-state index in [0.29, 0.717) is 31.6 Å². The monoisotopic (exact) mass is 459 g/mol. The first-order valence-corrected chi connectivity index (χ1v) is 11.8. The van der Waals surface area contributed by atoms with Crippen molar-refractivity contribution in [1.29, 1.82) is 0 Å². The van der Waals surface area contributed by atoms with Gasteiger partial charge in [0.2, 0.25) is 0 Å². The van der Waals surface area contributed by atoms with Gasteiger partial charge in [-0.3, -0.25) is 9.59 Å². The number of carbonyl (C=O) groups excluding carboxylic acids is 1. The summed E-state index contributed by atoms with van der Waals surface area (Å²) < 4.78 is 2.18. The van der Waals surface area contributed by atoms with E-state index in [-0.39, 0.29) is 12.5 Å². The molecule has 0 saturated carbocycles. The van der Waals surface area contributed by atoms with E-state index in [1.165, 1.54) is 0 Å². The number of hydrogen-bond acceptors (Lipinski definition) is 4. The smallest absolute Gasteiger partial charge is 0.308 e. The maximum atomic E-state index is 13.1. The number of likely N-dealkylation sites (tertiary alicyclic amines) is 1. The first-order chi connectivity index (χ1) is 16.3. The Morgan fingerprint density at radius 2 is 2.00 bits per heavy atom. The molecule has 1 fully saturated rings. The van der Waals surface area contributed by atoms with Crippen molar-refractivity contribution in [1.82, 2.24) is 24.4 Å². The number of nitrogens with zero attached hydrogens (tertiary/aromatic N) is 4. The van der Waals surface area contributed by atoms with E-state index in [2.05, 4.69) is 41.6 Å². The number of benzene rings is 1. The summed E-state index contributed by atoms with van der Waals surface area (Å²) in [5, 5.41) is 10.3. The Labute approximate surface area is 197 Å². The van der Waals surface area contributed by atoms with Gasteiger partial charge in [0.05, 0.1) is 12.5 Å². The Bertz CT molecular complexity index is 1420. The first-order valence-electron chi connectivity index (χ1n) is 11.8. The Morgan fingerprint density at radius 1 is 1.18 bits per heavy atom. The molecule has 1 amide bonds. The molecule has 8 heteroatoms. The second-order valence-corrected chi connectivity index (χ2v) is 9.25. The summed E-state index contributed by atoms with van der Waals surface area (Å²) in [6, 6.07) is 10.1. The molecule has 1 unspecified atom stereocenters. The second kappa shape index (κ2) is 8.59. The molecule has 1 saturated heterocycles. The Morgan fingerprint density at radius 3 is 2.76 bits per heavy atom. The second-order valence-electron chi connectivity index (χ2n) is 9.25. The van der Waals surface area contributed by atoms with Crippen LogP contribution in [-0.4, -0.2) is 54.5 Å². The molecule has 1 aliphatic heterocycles. The lowest BCUT2D eigenvalue weighted by Gasteiger charge is -2.30. The maximum Gasteiger partial charge on any atom is 0.308 e. The highest BCUT2D eigenvalue weighted by atomic mass is 16.4. The molecule has 0 spiro atoms. The number of H-pyrrole nitrogens is 1. The molecular weight excluding hydrogens is 430 g/mol. The molecule has 34 heavy (non-hydrogen) atoms. The zero-order valence-corrected chi connectivity index (χ0v) is 19.8. The van der Waals surface area contributed by atoms with Gasteiger partial charge in [0.1, 0.15) is 17.0 Å². The number of fused-ring (bicyclic) bond motifs is 2. The number of carboxylic acid groups (broad SMARTS) is 1. The molecule has 5 rings (SSSR count). The van der Waals surface area contributed by atoms with Gasteiger partial charge in [-0.15, -0.1) is 0 Å². The molecule has 176 valence electrons. The Balaban J connectivity index is 1.44. The SMILES string of the molecule is CCc1nc2c(C)cc(C)nc2n1Cc1ccc2[nH]c(C(=O)N3CCCC(C(=O)O)C3)cc2c1. The minimum absolute atomic E-state index is 0.146. The summed E-state index contributed by atoms with van der Waals surface area (Å²) in [4.78, 5) is 38.9. The number of aromatic amines is 1. The van der Waals surface area contributed by atoms with Crippen molar-refractivity contribution in [2.24, 2.45) is 5.92 Å². The normalized spacial score (nSPS) is 16.4. The quantitative estimate of drug-likeness (QED) is 0.468. The molecule has 0 bridgehead atoms. The number of imidazole rings is 1. The van der Waals surface area contributed by atoms with Crippen LogP contribution in [0.1, 0.15) is 52.9 Å². The van der Waals surface area contributed by atoms with Gasteiger partial charge in [-0.2, -0.15) is 0 Å². The lowest BCUT2D eigenvalue weighted by molar-refractivity contribution is -0.143. The summed E-state index contributed by atoms with van der Waals surface area (Å²) in [5.74, 6) is -0.475. The summed E-state index contributed by atoms with van der Waals surface area (Å²) in [5.41, 5.74) is 6.42. The van der Waals surface area contributed by atoms with Crippen molar-refractivity contribution in [3.63, 3.8) is 0 Å². The zero-order chi connectivity index (χ0) is 24.0. The third-order valence-electron chi connectivity index (χ3n) is 6.73. The number of carboxylic acids is 1. The van der Waals surface area contributed by atoms with Crippen LogP contribution in [0.4, 0.5) is 0 Å². The zero-order valence-electron chi connectivity index (χ0n) is 19.8. The third-order valence-corrected chi connectivity index (χ3v) is 6.73. The standard InChI is InChI=1S/C26H29N5O3/c1-4-22-29-23-15(2)10-16(3)27-24(23)31(22)13-17-7-8-20-19(11-17)12-21(28-20)25(32)30-9-5-6-18(14-30)26(33)34/h7-8,10-12,18,28H,4-6,9,13-14H2,1-3H3,(H,33,34). The van der Waals surface area contributed by atoms with Crippen molar-refractivity contribution in [2.45, 2.75) is 46.6 Å². The van der Waals surface area contributed by atoms with Gasteiger partial charge in [-0.1, -0.05) is 13.0 Å². The topological polar surface area (TPSA) is 104 Å². The van der Waals surface area contributed by atoms with Crippen LogP contribution in [0.2, 0.25) is 0 Å².